The Morgan fingerprint density at radius 2 is 1.90 bits per heavy atom. The van der Waals surface area contributed by atoms with Crippen LogP contribution < -0.4 is 5.32 Å². The Bertz CT molecular complexity index is 383. The van der Waals surface area contributed by atoms with Crippen LogP contribution >= 0.6 is 0 Å². The SMILES string of the molecule is Cc1ccc(NCCN2CCCC(C(C)C)CC2)cc1. The maximum Gasteiger partial charge on any atom is 0.0340 e. The Balaban J connectivity index is 1.70. The number of hydrogen-bond acceptors (Lipinski definition) is 2. The summed E-state index contributed by atoms with van der Waals surface area (Å²) in [4.78, 5) is 2.63. The molecule has 0 saturated carbocycles. The summed E-state index contributed by atoms with van der Waals surface area (Å²) in [7, 11) is 0. The van der Waals surface area contributed by atoms with E-state index in [0.29, 0.717) is 0 Å². The molecule has 20 heavy (non-hydrogen) atoms. The third-order valence-electron chi connectivity index (χ3n) is 4.62. The highest BCUT2D eigenvalue weighted by Crippen LogP contribution is 2.24. The first-order valence-corrected chi connectivity index (χ1v) is 8.18. The molecule has 2 heteroatoms. The number of hydrogen-bond donors (Lipinski definition) is 1. The van der Waals surface area contributed by atoms with Gasteiger partial charge in [-0.05, 0) is 63.2 Å². The summed E-state index contributed by atoms with van der Waals surface area (Å²) in [6, 6.07) is 8.68. The lowest BCUT2D eigenvalue weighted by Gasteiger charge is -2.21. The minimum atomic E-state index is 0.848. The highest BCUT2D eigenvalue weighted by Gasteiger charge is 2.18. The van der Waals surface area contributed by atoms with Crippen LogP contribution in [0.25, 0.3) is 0 Å². The molecule has 1 fully saturated rings. The fourth-order valence-electron chi connectivity index (χ4n) is 3.10. The average molecular weight is 274 g/mol. The molecular formula is C18H30N2. The molecule has 1 aliphatic heterocycles. The second kappa shape index (κ2) is 7.68. The molecule has 2 rings (SSSR count). The Morgan fingerprint density at radius 3 is 2.60 bits per heavy atom. The Kier molecular flexibility index (Phi) is 5.90. The van der Waals surface area contributed by atoms with Crippen molar-refractivity contribution in [2.24, 2.45) is 11.8 Å². The van der Waals surface area contributed by atoms with Crippen molar-refractivity contribution in [2.45, 2.75) is 40.0 Å². The highest BCUT2D eigenvalue weighted by molar-refractivity contribution is 5.44. The molecule has 1 unspecified atom stereocenters. The third kappa shape index (κ3) is 4.82. The van der Waals surface area contributed by atoms with E-state index in [0.717, 1.165) is 18.4 Å². The first-order valence-electron chi connectivity index (χ1n) is 8.18. The lowest BCUT2D eigenvalue weighted by Crippen LogP contribution is -2.30. The summed E-state index contributed by atoms with van der Waals surface area (Å²) in [5.41, 5.74) is 2.56. The van der Waals surface area contributed by atoms with Crippen molar-refractivity contribution in [1.82, 2.24) is 4.90 Å². The van der Waals surface area contributed by atoms with Crippen LogP contribution in [0.4, 0.5) is 5.69 Å². The van der Waals surface area contributed by atoms with Gasteiger partial charge >= 0.3 is 0 Å². The number of nitrogens with one attached hydrogen (secondary N) is 1. The van der Waals surface area contributed by atoms with Crippen molar-refractivity contribution >= 4 is 5.69 Å². The van der Waals surface area contributed by atoms with Crippen LogP contribution in [-0.2, 0) is 0 Å². The quantitative estimate of drug-likeness (QED) is 0.867. The molecule has 1 saturated heterocycles. The van der Waals surface area contributed by atoms with Crippen molar-refractivity contribution < 1.29 is 0 Å². The lowest BCUT2D eigenvalue weighted by molar-refractivity contribution is 0.281. The summed E-state index contributed by atoms with van der Waals surface area (Å²) in [5.74, 6) is 1.78. The number of nitrogens with zero attached hydrogens (tertiary/aromatic N) is 1. The standard InChI is InChI=1S/C18H30N2/c1-15(2)17-5-4-12-20(13-10-17)14-11-19-18-8-6-16(3)7-9-18/h6-9,15,17,19H,4-5,10-14H2,1-3H3. The zero-order chi connectivity index (χ0) is 14.4. The molecule has 2 nitrogen and oxygen atoms in total. The van der Waals surface area contributed by atoms with E-state index in [2.05, 4.69) is 55.3 Å². The predicted molar refractivity (Wildman–Crippen MR) is 88.3 cm³/mol. The van der Waals surface area contributed by atoms with E-state index in [1.807, 2.05) is 0 Å². The van der Waals surface area contributed by atoms with Crippen molar-refractivity contribution in [2.75, 3.05) is 31.5 Å². The molecule has 0 radical (unpaired) electrons. The van der Waals surface area contributed by atoms with Gasteiger partial charge in [0.05, 0.1) is 0 Å². The summed E-state index contributed by atoms with van der Waals surface area (Å²) in [5, 5.41) is 3.53. The van der Waals surface area contributed by atoms with Crippen molar-refractivity contribution in [3.05, 3.63) is 29.8 Å². The van der Waals surface area contributed by atoms with Crippen LogP contribution in [0.15, 0.2) is 24.3 Å². The van der Waals surface area contributed by atoms with Gasteiger partial charge in [-0.3, -0.25) is 0 Å². The summed E-state index contributed by atoms with van der Waals surface area (Å²) in [6.45, 7) is 11.6. The Morgan fingerprint density at radius 1 is 1.15 bits per heavy atom. The number of aryl methyl sites for hydroxylation is 1. The van der Waals surface area contributed by atoms with Gasteiger partial charge in [-0.1, -0.05) is 31.5 Å². The van der Waals surface area contributed by atoms with Gasteiger partial charge in [0, 0.05) is 18.8 Å². The topological polar surface area (TPSA) is 15.3 Å². The maximum atomic E-state index is 3.53. The molecule has 1 atom stereocenters. The van der Waals surface area contributed by atoms with Gasteiger partial charge in [0.15, 0.2) is 0 Å². The monoisotopic (exact) mass is 274 g/mol. The van der Waals surface area contributed by atoms with Crippen molar-refractivity contribution in [3.8, 4) is 0 Å². The number of anilines is 1. The normalized spacial score (nSPS) is 20.9. The van der Waals surface area contributed by atoms with E-state index in [-0.39, 0.29) is 0 Å². The summed E-state index contributed by atoms with van der Waals surface area (Å²) < 4.78 is 0. The van der Waals surface area contributed by atoms with Gasteiger partial charge in [0.25, 0.3) is 0 Å². The second-order valence-electron chi connectivity index (χ2n) is 6.57. The minimum absolute atomic E-state index is 0.848. The van der Waals surface area contributed by atoms with E-state index in [4.69, 9.17) is 0 Å². The molecule has 1 aliphatic rings. The molecule has 112 valence electrons. The summed E-state index contributed by atoms with van der Waals surface area (Å²) in [6.07, 6.45) is 4.16. The first kappa shape index (κ1) is 15.4. The molecule has 1 heterocycles. The average Bonchev–Trinajstić information content (AvgIpc) is 2.67. The molecule has 0 aliphatic carbocycles. The van der Waals surface area contributed by atoms with Gasteiger partial charge < -0.3 is 10.2 Å². The molecular weight excluding hydrogens is 244 g/mol. The zero-order valence-corrected chi connectivity index (χ0v) is 13.4. The highest BCUT2D eigenvalue weighted by atomic mass is 15.1. The van der Waals surface area contributed by atoms with Crippen LogP contribution in [0.2, 0.25) is 0 Å². The van der Waals surface area contributed by atoms with E-state index < -0.39 is 0 Å². The zero-order valence-electron chi connectivity index (χ0n) is 13.4. The first-order chi connectivity index (χ1) is 9.65. The van der Waals surface area contributed by atoms with Crippen LogP contribution in [0.3, 0.4) is 0 Å². The van der Waals surface area contributed by atoms with Crippen molar-refractivity contribution in [1.29, 1.82) is 0 Å². The molecule has 0 aromatic heterocycles. The van der Waals surface area contributed by atoms with Gasteiger partial charge in [0.1, 0.15) is 0 Å². The molecule has 0 bridgehead atoms. The van der Waals surface area contributed by atoms with E-state index in [1.54, 1.807) is 0 Å². The fourth-order valence-corrected chi connectivity index (χ4v) is 3.10. The Hall–Kier alpha value is -1.02. The van der Waals surface area contributed by atoms with Crippen LogP contribution in [0.1, 0.15) is 38.7 Å². The third-order valence-corrected chi connectivity index (χ3v) is 4.62. The molecule has 1 aromatic carbocycles. The van der Waals surface area contributed by atoms with Crippen LogP contribution in [0, 0.1) is 18.8 Å². The van der Waals surface area contributed by atoms with Crippen LogP contribution in [0.5, 0.6) is 0 Å². The van der Waals surface area contributed by atoms with Crippen LogP contribution in [-0.4, -0.2) is 31.1 Å². The predicted octanol–water partition coefficient (Wildman–Crippen LogP) is 4.17. The van der Waals surface area contributed by atoms with E-state index in [1.165, 1.54) is 50.1 Å². The molecule has 0 spiro atoms. The minimum Gasteiger partial charge on any atom is -0.384 e. The van der Waals surface area contributed by atoms with Gasteiger partial charge in [-0.25, -0.2) is 0 Å². The molecule has 1 aromatic rings. The number of likely N-dealkylation sites (tertiary alicyclic amines) is 1. The molecule has 0 amide bonds. The number of benzene rings is 1. The van der Waals surface area contributed by atoms with E-state index in [9.17, 15) is 0 Å². The van der Waals surface area contributed by atoms with Gasteiger partial charge in [-0.15, -0.1) is 0 Å². The number of rotatable bonds is 5. The fraction of sp³-hybridized carbons (Fsp3) is 0.667. The smallest absolute Gasteiger partial charge is 0.0340 e. The second-order valence-corrected chi connectivity index (χ2v) is 6.57. The summed E-state index contributed by atoms with van der Waals surface area (Å²) >= 11 is 0. The molecule has 1 N–H and O–H groups in total. The van der Waals surface area contributed by atoms with Gasteiger partial charge in [0.2, 0.25) is 0 Å². The lowest BCUT2D eigenvalue weighted by atomic mass is 9.89. The van der Waals surface area contributed by atoms with E-state index >= 15 is 0 Å². The largest absolute Gasteiger partial charge is 0.384 e. The maximum absolute atomic E-state index is 3.53. The van der Waals surface area contributed by atoms with Crippen molar-refractivity contribution in [3.63, 3.8) is 0 Å². The Labute approximate surface area is 124 Å². The van der Waals surface area contributed by atoms with Gasteiger partial charge in [-0.2, -0.15) is 0 Å².